The zero-order valence-electron chi connectivity index (χ0n) is 18.0. The van der Waals surface area contributed by atoms with Crippen LogP contribution < -0.4 is 10.1 Å². The zero-order valence-corrected chi connectivity index (χ0v) is 18.0. The number of hydrogen-bond acceptors (Lipinski definition) is 4. The van der Waals surface area contributed by atoms with E-state index in [1.165, 1.54) is 19.3 Å². The molecule has 1 unspecified atom stereocenters. The number of para-hydroxylation sites is 1. The molecule has 1 aliphatic carbocycles. The summed E-state index contributed by atoms with van der Waals surface area (Å²) in [5.74, 6) is 1.38. The minimum Gasteiger partial charge on any atom is -0.496 e. The van der Waals surface area contributed by atoms with Gasteiger partial charge in [-0.2, -0.15) is 0 Å². The smallest absolute Gasteiger partial charge is 0.234 e. The second kappa shape index (κ2) is 10.1. The SMILES string of the molecule is COc1ccccc1-c1cccc(C2CCCN(CC(=O)NC3CCCCC3)C2)n1. The average molecular weight is 408 g/mol. The predicted molar refractivity (Wildman–Crippen MR) is 120 cm³/mol. The second-order valence-electron chi connectivity index (χ2n) is 8.62. The van der Waals surface area contributed by atoms with Crippen molar-refractivity contribution >= 4 is 5.91 Å². The van der Waals surface area contributed by atoms with Gasteiger partial charge in [0.25, 0.3) is 0 Å². The quantitative estimate of drug-likeness (QED) is 0.772. The first kappa shape index (κ1) is 20.9. The van der Waals surface area contributed by atoms with Crippen LogP contribution in [0.2, 0.25) is 0 Å². The van der Waals surface area contributed by atoms with Crippen LogP contribution >= 0.6 is 0 Å². The largest absolute Gasteiger partial charge is 0.496 e. The van der Waals surface area contributed by atoms with Crippen LogP contribution in [0.25, 0.3) is 11.3 Å². The highest BCUT2D eigenvalue weighted by molar-refractivity contribution is 5.78. The van der Waals surface area contributed by atoms with Crippen molar-refractivity contribution in [2.75, 3.05) is 26.7 Å². The molecule has 1 saturated heterocycles. The van der Waals surface area contributed by atoms with Gasteiger partial charge in [0.1, 0.15) is 5.75 Å². The van der Waals surface area contributed by atoms with E-state index in [2.05, 4.69) is 22.3 Å². The van der Waals surface area contributed by atoms with Crippen LogP contribution in [-0.2, 0) is 4.79 Å². The summed E-state index contributed by atoms with van der Waals surface area (Å²) in [7, 11) is 1.69. The molecule has 1 saturated carbocycles. The molecule has 2 heterocycles. The van der Waals surface area contributed by atoms with Gasteiger partial charge in [-0.3, -0.25) is 14.7 Å². The lowest BCUT2D eigenvalue weighted by molar-refractivity contribution is -0.123. The lowest BCUT2D eigenvalue weighted by Crippen LogP contribution is -2.45. The maximum absolute atomic E-state index is 12.6. The van der Waals surface area contributed by atoms with E-state index in [1.54, 1.807) is 7.11 Å². The molecule has 1 aromatic carbocycles. The number of nitrogens with zero attached hydrogens (tertiary/aromatic N) is 2. The number of ether oxygens (including phenoxy) is 1. The number of methoxy groups -OCH3 is 1. The first-order chi connectivity index (χ1) is 14.7. The number of benzene rings is 1. The molecule has 1 aliphatic heterocycles. The highest BCUT2D eigenvalue weighted by Crippen LogP contribution is 2.31. The molecule has 1 aromatic heterocycles. The summed E-state index contributed by atoms with van der Waals surface area (Å²) in [4.78, 5) is 19.8. The lowest BCUT2D eigenvalue weighted by Gasteiger charge is -2.33. The number of rotatable bonds is 6. The number of aromatic nitrogens is 1. The number of amides is 1. The molecule has 2 fully saturated rings. The summed E-state index contributed by atoms with van der Waals surface area (Å²) in [5.41, 5.74) is 3.06. The molecule has 0 radical (unpaired) electrons. The summed E-state index contributed by atoms with van der Waals surface area (Å²) >= 11 is 0. The number of hydrogen-bond donors (Lipinski definition) is 1. The minimum atomic E-state index is 0.179. The monoisotopic (exact) mass is 407 g/mol. The molecule has 5 heteroatoms. The van der Waals surface area contributed by atoms with E-state index in [-0.39, 0.29) is 5.91 Å². The number of nitrogens with one attached hydrogen (secondary N) is 1. The van der Waals surface area contributed by atoms with Gasteiger partial charge in [-0.1, -0.05) is 37.5 Å². The van der Waals surface area contributed by atoms with Crippen LogP contribution in [0.5, 0.6) is 5.75 Å². The maximum Gasteiger partial charge on any atom is 0.234 e. The zero-order chi connectivity index (χ0) is 20.8. The van der Waals surface area contributed by atoms with E-state index >= 15 is 0 Å². The fraction of sp³-hybridized carbons (Fsp3) is 0.520. The molecule has 1 atom stereocenters. The van der Waals surface area contributed by atoms with Gasteiger partial charge in [-0.25, -0.2) is 0 Å². The summed E-state index contributed by atoms with van der Waals surface area (Å²) in [5, 5.41) is 3.25. The topological polar surface area (TPSA) is 54.5 Å². The molecule has 160 valence electrons. The molecule has 2 aromatic rings. The number of carbonyl (C=O) groups is 1. The van der Waals surface area contributed by atoms with Gasteiger partial charge in [0.05, 0.1) is 19.3 Å². The van der Waals surface area contributed by atoms with Gasteiger partial charge in [-0.15, -0.1) is 0 Å². The fourth-order valence-corrected chi connectivity index (χ4v) is 4.85. The van der Waals surface area contributed by atoms with Gasteiger partial charge >= 0.3 is 0 Å². The van der Waals surface area contributed by atoms with Crippen LogP contribution in [0.3, 0.4) is 0 Å². The first-order valence-electron chi connectivity index (χ1n) is 11.3. The Morgan fingerprint density at radius 2 is 1.90 bits per heavy atom. The predicted octanol–water partition coefficient (Wildman–Crippen LogP) is 4.39. The van der Waals surface area contributed by atoms with E-state index < -0.39 is 0 Å². The van der Waals surface area contributed by atoms with E-state index in [0.717, 1.165) is 61.5 Å². The van der Waals surface area contributed by atoms with Crippen molar-refractivity contribution in [2.45, 2.75) is 56.9 Å². The van der Waals surface area contributed by atoms with E-state index in [1.807, 2.05) is 30.3 Å². The Morgan fingerprint density at radius 1 is 1.07 bits per heavy atom. The molecule has 5 nitrogen and oxygen atoms in total. The molecule has 0 bridgehead atoms. The molecule has 1 N–H and O–H groups in total. The van der Waals surface area contributed by atoms with Crippen LogP contribution in [0.1, 0.15) is 56.6 Å². The molecular formula is C25H33N3O2. The number of pyridine rings is 1. The maximum atomic E-state index is 12.6. The van der Waals surface area contributed by atoms with Crippen molar-refractivity contribution in [3.8, 4) is 17.0 Å². The lowest BCUT2D eigenvalue weighted by atomic mass is 9.93. The summed E-state index contributed by atoms with van der Waals surface area (Å²) in [6, 6.07) is 14.6. The van der Waals surface area contributed by atoms with Crippen LogP contribution in [0.4, 0.5) is 0 Å². The summed E-state index contributed by atoms with van der Waals surface area (Å²) in [6.45, 7) is 2.38. The van der Waals surface area contributed by atoms with Gasteiger partial charge in [0.15, 0.2) is 0 Å². The normalized spacial score (nSPS) is 20.6. The molecule has 30 heavy (non-hydrogen) atoms. The van der Waals surface area contributed by atoms with Crippen LogP contribution in [0.15, 0.2) is 42.5 Å². The van der Waals surface area contributed by atoms with Crippen molar-refractivity contribution in [1.29, 1.82) is 0 Å². The highest BCUT2D eigenvalue weighted by Gasteiger charge is 2.25. The third-order valence-electron chi connectivity index (χ3n) is 6.41. The van der Waals surface area contributed by atoms with E-state index in [9.17, 15) is 4.79 Å². The van der Waals surface area contributed by atoms with Gasteiger partial charge in [0, 0.05) is 29.8 Å². The highest BCUT2D eigenvalue weighted by atomic mass is 16.5. The molecule has 2 aliphatic rings. The van der Waals surface area contributed by atoms with Gasteiger partial charge in [0.2, 0.25) is 5.91 Å². The Morgan fingerprint density at radius 3 is 2.73 bits per heavy atom. The van der Waals surface area contributed by atoms with Crippen molar-refractivity contribution < 1.29 is 9.53 Å². The Balaban J connectivity index is 1.40. The van der Waals surface area contributed by atoms with Crippen molar-refractivity contribution in [1.82, 2.24) is 15.2 Å². The Kier molecular flexibility index (Phi) is 7.00. The summed E-state index contributed by atoms with van der Waals surface area (Å²) in [6.07, 6.45) is 8.27. The Labute approximate surface area is 179 Å². The van der Waals surface area contributed by atoms with Gasteiger partial charge < -0.3 is 10.1 Å². The first-order valence-corrected chi connectivity index (χ1v) is 11.3. The van der Waals surface area contributed by atoms with Crippen molar-refractivity contribution in [3.63, 3.8) is 0 Å². The van der Waals surface area contributed by atoms with Crippen molar-refractivity contribution in [3.05, 3.63) is 48.2 Å². The van der Waals surface area contributed by atoms with Crippen LogP contribution in [-0.4, -0.2) is 48.6 Å². The van der Waals surface area contributed by atoms with Gasteiger partial charge in [-0.05, 0) is 56.5 Å². The molecule has 4 rings (SSSR count). The minimum absolute atomic E-state index is 0.179. The number of carbonyl (C=O) groups excluding carboxylic acids is 1. The van der Waals surface area contributed by atoms with Crippen molar-refractivity contribution in [2.24, 2.45) is 0 Å². The second-order valence-corrected chi connectivity index (χ2v) is 8.62. The Hall–Kier alpha value is -2.40. The number of likely N-dealkylation sites (tertiary alicyclic amines) is 1. The third kappa shape index (κ3) is 5.20. The molecule has 1 amide bonds. The van der Waals surface area contributed by atoms with E-state index in [4.69, 9.17) is 9.72 Å². The third-order valence-corrected chi connectivity index (χ3v) is 6.41. The van der Waals surface area contributed by atoms with Crippen LogP contribution in [0, 0.1) is 0 Å². The molecular weight excluding hydrogens is 374 g/mol. The number of piperidine rings is 1. The summed E-state index contributed by atoms with van der Waals surface area (Å²) < 4.78 is 5.52. The Bertz CT molecular complexity index is 848. The molecule has 0 spiro atoms. The fourth-order valence-electron chi connectivity index (χ4n) is 4.85. The average Bonchev–Trinajstić information content (AvgIpc) is 2.80. The standard InChI is InChI=1S/C25H33N3O2/c1-30-24-15-6-5-12-21(24)23-14-7-13-22(27-23)19-9-8-16-28(17-19)18-25(29)26-20-10-3-2-4-11-20/h5-7,12-15,19-20H,2-4,8-11,16-18H2,1H3,(H,26,29). The van der Waals surface area contributed by atoms with E-state index in [0.29, 0.717) is 18.5 Å².